The van der Waals surface area contributed by atoms with E-state index in [0.29, 0.717) is 36.9 Å². The SMILES string of the molecule is COc1ccc(COc2ccc(C3CN(C(=O)c4cc(OCC(O)CO)ccn4)C3)cc2OC)cc1. The lowest BCUT2D eigenvalue weighted by molar-refractivity contribution is 0.0532. The zero-order valence-electron chi connectivity index (χ0n) is 20.3. The van der Waals surface area contributed by atoms with Crippen LogP contribution in [0.15, 0.2) is 60.8 Å². The van der Waals surface area contributed by atoms with Gasteiger partial charge < -0.3 is 34.1 Å². The number of methoxy groups -OCH3 is 2. The summed E-state index contributed by atoms with van der Waals surface area (Å²) in [7, 11) is 3.24. The van der Waals surface area contributed by atoms with E-state index >= 15 is 0 Å². The van der Waals surface area contributed by atoms with Crippen LogP contribution in [0.2, 0.25) is 0 Å². The maximum absolute atomic E-state index is 12.9. The highest BCUT2D eigenvalue weighted by Gasteiger charge is 2.33. The van der Waals surface area contributed by atoms with E-state index < -0.39 is 12.7 Å². The number of hydrogen-bond donors (Lipinski definition) is 2. The average Bonchev–Trinajstić information content (AvgIpc) is 2.90. The zero-order valence-corrected chi connectivity index (χ0v) is 20.3. The van der Waals surface area contributed by atoms with Gasteiger partial charge in [-0.1, -0.05) is 18.2 Å². The Morgan fingerprint density at radius 3 is 2.47 bits per heavy atom. The van der Waals surface area contributed by atoms with Gasteiger partial charge in [-0.15, -0.1) is 0 Å². The van der Waals surface area contributed by atoms with Gasteiger partial charge in [-0.05, 0) is 41.5 Å². The molecule has 0 aliphatic carbocycles. The number of rotatable bonds is 11. The van der Waals surface area contributed by atoms with Crippen molar-refractivity contribution in [3.05, 3.63) is 77.6 Å². The molecular weight excluding hydrogens is 464 g/mol. The monoisotopic (exact) mass is 494 g/mol. The van der Waals surface area contributed by atoms with Gasteiger partial charge in [0.2, 0.25) is 0 Å². The lowest BCUT2D eigenvalue weighted by Gasteiger charge is -2.39. The number of carbonyl (C=O) groups excluding carboxylic acids is 1. The summed E-state index contributed by atoms with van der Waals surface area (Å²) in [6.45, 7) is 1.06. The highest BCUT2D eigenvalue weighted by atomic mass is 16.5. The molecule has 2 aromatic carbocycles. The largest absolute Gasteiger partial charge is 0.497 e. The summed E-state index contributed by atoms with van der Waals surface area (Å²) in [6, 6.07) is 16.7. The first kappa shape index (κ1) is 25.3. The quantitative estimate of drug-likeness (QED) is 0.419. The number of aliphatic hydroxyl groups excluding tert-OH is 2. The Morgan fingerprint density at radius 2 is 1.78 bits per heavy atom. The molecule has 36 heavy (non-hydrogen) atoms. The Morgan fingerprint density at radius 1 is 1.00 bits per heavy atom. The summed E-state index contributed by atoms with van der Waals surface area (Å²) in [5.74, 6) is 2.48. The molecule has 2 heterocycles. The number of pyridine rings is 1. The van der Waals surface area contributed by atoms with Gasteiger partial charge in [0, 0.05) is 31.3 Å². The summed E-state index contributed by atoms with van der Waals surface area (Å²) < 4.78 is 22.1. The van der Waals surface area contributed by atoms with E-state index in [1.807, 2.05) is 42.5 Å². The highest BCUT2D eigenvalue weighted by Crippen LogP contribution is 2.35. The standard InChI is InChI=1S/C27H30N2O7/c1-33-22-6-3-18(4-7-22)16-36-25-8-5-19(11-26(25)34-2)20-13-29(14-20)27(32)24-12-23(9-10-28-24)35-17-21(31)15-30/h3-12,20-21,30-31H,13-17H2,1-2H3. The van der Waals surface area contributed by atoms with Gasteiger partial charge in [-0.2, -0.15) is 0 Å². The molecule has 1 unspecified atom stereocenters. The fourth-order valence-corrected chi connectivity index (χ4v) is 3.82. The molecule has 0 spiro atoms. The molecule has 1 aliphatic heterocycles. The van der Waals surface area contributed by atoms with Crippen LogP contribution in [-0.2, 0) is 6.61 Å². The van der Waals surface area contributed by atoms with Gasteiger partial charge in [0.05, 0.1) is 20.8 Å². The van der Waals surface area contributed by atoms with E-state index in [-0.39, 0.29) is 24.1 Å². The first-order valence-corrected chi connectivity index (χ1v) is 11.6. The van der Waals surface area contributed by atoms with Crippen molar-refractivity contribution in [2.45, 2.75) is 18.6 Å². The molecule has 4 rings (SSSR count). The van der Waals surface area contributed by atoms with E-state index in [2.05, 4.69) is 4.98 Å². The smallest absolute Gasteiger partial charge is 0.272 e. The average molecular weight is 495 g/mol. The fourth-order valence-electron chi connectivity index (χ4n) is 3.82. The summed E-state index contributed by atoms with van der Waals surface area (Å²) in [6.07, 6.45) is 0.505. The molecular formula is C27H30N2O7. The Balaban J connectivity index is 1.33. The molecule has 1 aliphatic rings. The van der Waals surface area contributed by atoms with Crippen molar-refractivity contribution < 1.29 is 34.0 Å². The Labute approximate surface area is 209 Å². The number of hydrogen-bond acceptors (Lipinski definition) is 8. The fraction of sp³-hybridized carbons (Fsp3) is 0.333. The van der Waals surface area contributed by atoms with Gasteiger partial charge in [0.25, 0.3) is 5.91 Å². The van der Waals surface area contributed by atoms with Crippen molar-refractivity contribution in [3.63, 3.8) is 0 Å². The molecule has 9 nitrogen and oxygen atoms in total. The van der Waals surface area contributed by atoms with E-state index in [0.717, 1.165) is 16.9 Å². The van der Waals surface area contributed by atoms with Crippen LogP contribution in [0.5, 0.6) is 23.0 Å². The molecule has 0 bridgehead atoms. The van der Waals surface area contributed by atoms with Crippen molar-refractivity contribution in [3.8, 4) is 23.0 Å². The summed E-state index contributed by atoms with van der Waals surface area (Å²) in [5.41, 5.74) is 2.35. The van der Waals surface area contributed by atoms with Gasteiger partial charge >= 0.3 is 0 Å². The van der Waals surface area contributed by atoms with Crippen molar-refractivity contribution in [2.75, 3.05) is 40.5 Å². The van der Waals surface area contributed by atoms with Crippen LogP contribution in [0.1, 0.15) is 27.5 Å². The van der Waals surface area contributed by atoms with E-state index in [1.165, 1.54) is 12.3 Å². The van der Waals surface area contributed by atoms with Gasteiger partial charge in [0.15, 0.2) is 11.5 Å². The molecule has 2 N–H and O–H groups in total. The number of aromatic nitrogens is 1. The molecule has 0 saturated carbocycles. The molecule has 190 valence electrons. The minimum absolute atomic E-state index is 0.0679. The van der Waals surface area contributed by atoms with E-state index in [1.54, 1.807) is 25.2 Å². The summed E-state index contributed by atoms with van der Waals surface area (Å²) in [5, 5.41) is 18.3. The molecule has 3 aromatic rings. The number of amides is 1. The Bertz CT molecular complexity index is 1160. The first-order valence-electron chi connectivity index (χ1n) is 11.6. The molecule has 0 radical (unpaired) electrons. The van der Waals surface area contributed by atoms with Crippen LogP contribution >= 0.6 is 0 Å². The minimum atomic E-state index is -0.982. The van der Waals surface area contributed by atoms with E-state index in [9.17, 15) is 9.90 Å². The van der Waals surface area contributed by atoms with Crippen LogP contribution < -0.4 is 18.9 Å². The third kappa shape index (κ3) is 6.05. The lowest BCUT2D eigenvalue weighted by Crippen LogP contribution is -2.48. The zero-order chi connectivity index (χ0) is 25.5. The second kappa shape index (κ2) is 11.7. The van der Waals surface area contributed by atoms with Crippen molar-refractivity contribution in [1.29, 1.82) is 0 Å². The van der Waals surface area contributed by atoms with Crippen LogP contribution in [-0.4, -0.2) is 72.6 Å². The maximum atomic E-state index is 12.9. The number of aliphatic hydroxyl groups is 2. The first-order chi connectivity index (χ1) is 17.5. The predicted octanol–water partition coefficient (Wildman–Crippen LogP) is 2.65. The molecule has 1 fully saturated rings. The number of benzene rings is 2. The van der Waals surface area contributed by atoms with Crippen molar-refractivity contribution in [2.24, 2.45) is 0 Å². The second-order valence-electron chi connectivity index (χ2n) is 8.48. The van der Waals surface area contributed by atoms with Gasteiger partial charge in [-0.25, -0.2) is 0 Å². The topological polar surface area (TPSA) is 111 Å². The molecule has 1 amide bonds. The third-order valence-corrected chi connectivity index (χ3v) is 5.98. The Kier molecular flexibility index (Phi) is 8.24. The molecule has 1 aromatic heterocycles. The predicted molar refractivity (Wildman–Crippen MR) is 132 cm³/mol. The van der Waals surface area contributed by atoms with Gasteiger partial charge in [0.1, 0.15) is 36.5 Å². The van der Waals surface area contributed by atoms with Crippen molar-refractivity contribution >= 4 is 5.91 Å². The summed E-state index contributed by atoms with van der Waals surface area (Å²) >= 11 is 0. The summed E-state index contributed by atoms with van der Waals surface area (Å²) in [4.78, 5) is 18.7. The van der Waals surface area contributed by atoms with Gasteiger partial charge in [-0.3, -0.25) is 9.78 Å². The van der Waals surface area contributed by atoms with Crippen LogP contribution in [0.25, 0.3) is 0 Å². The maximum Gasteiger partial charge on any atom is 0.272 e. The number of likely N-dealkylation sites (tertiary alicyclic amines) is 1. The van der Waals surface area contributed by atoms with Crippen molar-refractivity contribution in [1.82, 2.24) is 9.88 Å². The molecule has 9 heteroatoms. The number of carbonyl (C=O) groups is 1. The third-order valence-electron chi connectivity index (χ3n) is 5.98. The van der Waals surface area contributed by atoms with Crippen LogP contribution in [0.3, 0.4) is 0 Å². The molecule has 1 atom stereocenters. The van der Waals surface area contributed by atoms with Crippen LogP contribution in [0.4, 0.5) is 0 Å². The Hall–Kier alpha value is -3.82. The highest BCUT2D eigenvalue weighted by molar-refractivity contribution is 5.93. The number of nitrogens with zero attached hydrogens (tertiary/aromatic N) is 2. The molecule has 1 saturated heterocycles. The van der Waals surface area contributed by atoms with E-state index in [4.69, 9.17) is 24.1 Å². The van der Waals surface area contributed by atoms with Crippen LogP contribution in [0, 0.1) is 0 Å². The number of ether oxygens (including phenoxy) is 4. The lowest BCUT2D eigenvalue weighted by atomic mass is 9.91. The second-order valence-corrected chi connectivity index (χ2v) is 8.48. The normalized spacial score (nSPS) is 14.1. The minimum Gasteiger partial charge on any atom is -0.497 e.